The van der Waals surface area contributed by atoms with Crippen LogP contribution in [0.5, 0.6) is 0 Å². The summed E-state index contributed by atoms with van der Waals surface area (Å²) in [5.41, 5.74) is 0. The van der Waals surface area contributed by atoms with Gasteiger partial charge in [-0.3, -0.25) is 9.80 Å². The average Bonchev–Trinajstić information content (AvgIpc) is 2.46. The van der Waals surface area contributed by atoms with Crippen molar-refractivity contribution in [2.45, 2.75) is 25.9 Å². The highest BCUT2D eigenvalue weighted by Crippen LogP contribution is 2.06. The molecule has 2 aliphatic rings. The van der Waals surface area contributed by atoms with E-state index < -0.39 is 0 Å². The Labute approximate surface area is 116 Å². The lowest BCUT2D eigenvalue weighted by atomic mass is 10.2. The number of ether oxygens (including phenoxy) is 3. The maximum absolute atomic E-state index is 5.83. The topological polar surface area (TPSA) is 34.2 Å². The molecule has 0 aromatic rings. The van der Waals surface area contributed by atoms with Crippen LogP contribution in [0.1, 0.15) is 13.8 Å². The number of morpholine rings is 2. The average molecular weight is 272 g/mol. The smallest absolute Gasteiger partial charge is 0.0619 e. The maximum Gasteiger partial charge on any atom is 0.0619 e. The lowest BCUT2D eigenvalue weighted by Crippen LogP contribution is -2.46. The molecule has 2 atom stereocenters. The molecule has 0 aromatic heterocycles. The molecule has 0 radical (unpaired) electrons. The molecule has 2 heterocycles. The molecular formula is C14H28N2O3. The van der Waals surface area contributed by atoms with Crippen LogP contribution in [0.25, 0.3) is 0 Å². The Balaban J connectivity index is 1.55. The third-order valence-electron chi connectivity index (χ3n) is 4.06. The summed E-state index contributed by atoms with van der Waals surface area (Å²) in [5, 5.41) is 0. The zero-order valence-electron chi connectivity index (χ0n) is 12.3. The van der Waals surface area contributed by atoms with E-state index >= 15 is 0 Å². The van der Waals surface area contributed by atoms with Gasteiger partial charge in [-0.25, -0.2) is 0 Å². The molecule has 5 nitrogen and oxygen atoms in total. The Morgan fingerprint density at radius 1 is 1.16 bits per heavy atom. The zero-order valence-corrected chi connectivity index (χ0v) is 12.3. The monoisotopic (exact) mass is 272 g/mol. The minimum absolute atomic E-state index is 0.492. The van der Waals surface area contributed by atoms with E-state index in [-0.39, 0.29) is 0 Å². The summed E-state index contributed by atoms with van der Waals surface area (Å²) in [6.45, 7) is 13.6. The van der Waals surface area contributed by atoms with E-state index in [4.69, 9.17) is 14.2 Å². The Kier molecular flexibility index (Phi) is 6.53. The number of hydrogen-bond acceptors (Lipinski definition) is 5. The fourth-order valence-electron chi connectivity index (χ4n) is 2.65. The molecule has 112 valence electrons. The van der Waals surface area contributed by atoms with E-state index in [1.54, 1.807) is 0 Å². The standard InChI is InChI=1S/C14H28N2O3/c1-13(15-3-7-17-8-4-15)11-18-9-5-16-6-10-19-12-14(16)2/h13-14H,3-12H2,1-2H3. The molecule has 0 bridgehead atoms. The summed E-state index contributed by atoms with van der Waals surface area (Å²) in [5.74, 6) is 0. The van der Waals surface area contributed by atoms with Gasteiger partial charge in [0.25, 0.3) is 0 Å². The first-order valence-corrected chi connectivity index (χ1v) is 7.48. The van der Waals surface area contributed by atoms with Crippen molar-refractivity contribution in [1.29, 1.82) is 0 Å². The SMILES string of the molecule is CC(COCCN1CCOCC1C)N1CCOCC1. The molecular weight excluding hydrogens is 244 g/mol. The lowest BCUT2D eigenvalue weighted by molar-refractivity contribution is -0.0277. The summed E-state index contributed by atoms with van der Waals surface area (Å²) >= 11 is 0. The Hall–Kier alpha value is -0.200. The molecule has 2 aliphatic heterocycles. The number of rotatable bonds is 6. The first-order chi connectivity index (χ1) is 9.27. The molecule has 2 rings (SSSR count). The zero-order chi connectivity index (χ0) is 13.5. The number of nitrogens with zero attached hydrogens (tertiary/aromatic N) is 2. The van der Waals surface area contributed by atoms with Crippen LogP contribution in [0, 0.1) is 0 Å². The van der Waals surface area contributed by atoms with Crippen LogP contribution in [0.3, 0.4) is 0 Å². The van der Waals surface area contributed by atoms with Crippen LogP contribution < -0.4 is 0 Å². The van der Waals surface area contributed by atoms with Crippen LogP contribution in [0.15, 0.2) is 0 Å². The summed E-state index contributed by atoms with van der Waals surface area (Å²) in [6, 6.07) is 1.01. The summed E-state index contributed by atoms with van der Waals surface area (Å²) in [6.07, 6.45) is 0. The molecule has 0 N–H and O–H groups in total. The van der Waals surface area contributed by atoms with Gasteiger partial charge in [0.15, 0.2) is 0 Å². The van der Waals surface area contributed by atoms with E-state index in [0.29, 0.717) is 12.1 Å². The highest BCUT2D eigenvalue weighted by Gasteiger charge is 2.19. The van der Waals surface area contributed by atoms with E-state index in [9.17, 15) is 0 Å². The Bertz CT molecular complexity index is 247. The second-order valence-corrected chi connectivity index (χ2v) is 5.53. The summed E-state index contributed by atoms with van der Waals surface area (Å²) < 4.78 is 16.6. The predicted molar refractivity (Wildman–Crippen MR) is 74.5 cm³/mol. The Morgan fingerprint density at radius 2 is 1.89 bits per heavy atom. The minimum atomic E-state index is 0.492. The molecule has 2 unspecified atom stereocenters. The Morgan fingerprint density at radius 3 is 2.63 bits per heavy atom. The molecule has 0 aromatic carbocycles. The van der Waals surface area contributed by atoms with Crippen molar-refractivity contribution in [3.8, 4) is 0 Å². The van der Waals surface area contributed by atoms with Crippen molar-refractivity contribution in [3.05, 3.63) is 0 Å². The van der Waals surface area contributed by atoms with Crippen LogP contribution in [0.4, 0.5) is 0 Å². The molecule has 0 amide bonds. The van der Waals surface area contributed by atoms with E-state index in [1.807, 2.05) is 0 Å². The molecule has 5 heteroatoms. The third kappa shape index (κ3) is 5.00. The van der Waals surface area contributed by atoms with Crippen molar-refractivity contribution < 1.29 is 14.2 Å². The second kappa shape index (κ2) is 8.17. The fraction of sp³-hybridized carbons (Fsp3) is 1.00. The van der Waals surface area contributed by atoms with Crippen LogP contribution >= 0.6 is 0 Å². The van der Waals surface area contributed by atoms with Gasteiger partial charge >= 0.3 is 0 Å². The van der Waals surface area contributed by atoms with Crippen LogP contribution in [-0.2, 0) is 14.2 Å². The second-order valence-electron chi connectivity index (χ2n) is 5.53. The largest absolute Gasteiger partial charge is 0.379 e. The summed E-state index contributed by atoms with van der Waals surface area (Å²) in [4.78, 5) is 4.89. The van der Waals surface area contributed by atoms with E-state index in [1.165, 1.54) is 0 Å². The van der Waals surface area contributed by atoms with Crippen molar-refractivity contribution in [2.75, 3.05) is 65.8 Å². The molecule has 0 saturated carbocycles. The van der Waals surface area contributed by atoms with E-state index in [0.717, 1.165) is 65.8 Å². The van der Waals surface area contributed by atoms with Gasteiger partial charge in [-0.1, -0.05) is 0 Å². The van der Waals surface area contributed by atoms with Gasteiger partial charge in [0.2, 0.25) is 0 Å². The fourth-order valence-corrected chi connectivity index (χ4v) is 2.65. The van der Waals surface area contributed by atoms with Crippen LogP contribution in [-0.4, -0.2) is 87.7 Å². The lowest BCUT2D eigenvalue weighted by Gasteiger charge is -2.34. The normalized spacial score (nSPS) is 28.4. The highest BCUT2D eigenvalue weighted by molar-refractivity contribution is 4.72. The van der Waals surface area contributed by atoms with Crippen LogP contribution in [0.2, 0.25) is 0 Å². The molecule has 2 fully saturated rings. The first-order valence-electron chi connectivity index (χ1n) is 7.48. The molecule has 19 heavy (non-hydrogen) atoms. The first kappa shape index (κ1) is 15.2. The van der Waals surface area contributed by atoms with Gasteiger partial charge in [0.1, 0.15) is 0 Å². The van der Waals surface area contributed by atoms with Crippen molar-refractivity contribution in [2.24, 2.45) is 0 Å². The molecule has 0 spiro atoms. The molecule has 0 aliphatic carbocycles. The van der Waals surface area contributed by atoms with Crippen molar-refractivity contribution in [3.63, 3.8) is 0 Å². The van der Waals surface area contributed by atoms with Gasteiger partial charge in [-0.05, 0) is 13.8 Å². The minimum Gasteiger partial charge on any atom is -0.379 e. The van der Waals surface area contributed by atoms with E-state index in [2.05, 4.69) is 23.6 Å². The van der Waals surface area contributed by atoms with Gasteiger partial charge in [-0.15, -0.1) is 0 Å². The highest BCUT2D eigenvalue weighted by atomic mass is 16.5. The van der Waals surface area contributed by atoms with Gasteiger partial charge < -0.3 is 14.2 Å². The van der Waals surface area contributed by atoms with Crippen molar-refractivity contribution >= 4 is 0 Å². The summed E-state index contributed by atoms with van der Waals surface area (Å²) in [7, 11) is 0. The predicted octanol–water partition coefficient (Wildman–Crippen LogP) is 0.444. The van der Waals surface area contributed by atoms with Gasteiger partial charge in [-0.2, -0.15) is 0 Å². The quantitative estimate of drug-likeness (QED) is 0.656. The maximum atomic E-state index is 5.83. The van der Waals surface area contributed by atoms with Crippen molar-refractivity contribution in [1.82, 2.24) is 9.80 Å². The van der Waals surface area contributed by atoms with Gasteiger partial charge in [0, 0.05) is 38.3 Å². The third-order valence-corrected chi connectivity index (χ3v) is 4.06. The molecule has 2 saturated heterocycles. The van der Waals surface area contributed by atoms with Gasteiger partial charge in [0.05, 0.1) is 39.6 Å². The number of hydrogen-bond donors (Lipinski definition) is 0.